The van der Waals surface area contributed by atoms with Gasteiger partial charge >= 0.3 is 0 Å². The van der Waals surface area contributed by atoms with E-state index in [9.17, 15) is 13.2 Å². The Kier molecular flexibility index (Phi) is 5.54. The Morgan fingerprint density at radius 1 is 1.26 bits per heavy atom. The molecule has 4 nitrogen and oxygen atoms in total. The molecular formula is C14H21NO3S. The van der Waals surface area contributed by atoms with Crippen molar-refractivity contribution in [2.24, 2.45) is 0 Å². The van der Waals surface area contributed by atoms with E-state index in [0.29, 0.717) is 12.3 Å². The maximum Gasteiger partial charge on any atom is 0.224 e. The highest BCUT2D eigenvalue weighted by Gasteiger charge is 2.10. The fourth-order valence-corrected chi connectivity index (χ4v) is 2.49. The first-order valence-electron chi connectivity index (χ1n) is 6.36. The van der Waals surface area contributed by atoms with E-state index in [1.807, 2.05) is 24.3 Å². The number of rotatable bonds is 6. The van der Waals surface area contributed by atoms with Crippen LogP contribution in [0.1, 0.15) is 38.2 Å². The molecule has 0 unspecified atom stereocenters. The molecule has 1 N–H and O–H groups in total. The molecule has 106 valence electrons. The van der Waals surface area contributed by atoms with Crippen LogP contribution in [0.2, 0.25) is 0 Å². The minimum Gasteiger partial charge on any atom is -0.326 e. The van der Waals surface area contributed by atoms with Crippen LogP contribution in [0.25, 0.3) is 0 Å². The lowest BCUT2D eigenvalue weighted by molar-refractivity contribution is -0.116. The van der Waals surface area contributed by atoms with E-state index in [2.05, 4.69) is 19.2 Å². The van der Waals surface area contributed by atoms with Crippen molar-refractivity contribution in [1.82, 2.24) is 0 Å². The van der Waals surface area contributed by atoms with Crippen LogP contribution in [-0.4, -0.2) is 26.3 Å². The van der Waals surface area contributed by atoms with E-state index < -0.39 is 9.84 Å². The van der Waals surface area contributed by atoms with Gasteiger partial charge in [-0.15, -0.1) is 0 Å². The Balaban J connectivity index is 2.58. The van der Waals surface area contributed by atoms with Crippen LogP contribution in [0.3, 0.4) is 0 Å². The van der Waals surface area contributed by atoms with Crippen LogP contribution in [-0.2, 0) is 14.6 Å². The number of hydrogen-bond acceptors (Lipinski definition) is 3. The molecule has 0 bridgehead atoms. The zero-order valence-corrected chi connectivity index (χ0v) is 12.5. The second kappa shape index (κ2) is 6.70. The number of carbonyl (C=O) groups excluding carboxylic acids is 1. The van der Waals surface area contributed by atoms with Crippen LogP contribution >= 0.6 is 0 Å². The van der Waals surface area contributed by atoms with Crippen molar-refractivity contribution < 1.29 is 13.2 Å². The quantitative estimate of drug-likeness (QED) is 0.872. The summed E-state index contributed by atoms with van der Waals surface area (Å²) in [7, 11) is -2.99. The Morgan fingerprint density at radius 2 is 1.89 bits per heavy atom. The first-order valence-corrected chi connectivity index (χ1v) is 8.42. The van der Waals surface area contributed by atoms with Gasteiger partial charge in [-0.25, -0.2) is 8.42 Å². The third-order valence-corrected chi connectivity index (χ3v) is 3.81. The van der Waals surface area contributed by atoms with Crippen molar-refractivity contribution in [2.45, 2.75) is 32.6 Å². The number of hydrogen-bond donors (Lipinski definition) is 1. The highest BCUT2D eigenvalue weighted by atomic mass is 32.2. The molecule has 0 aliphatic heterocycles. The predicted octanol–water partition coefficient (Wildman–Crippen LogP) is 2.57. The van der Waals surface area contributed by atoms with Crippen LogP contribution in [0.4, 0.5) is 5.69 Å². The molecule has 19 heavy (non-hydrogen) atoms. The van der Waals surface area contributed by atoms with E-state index in [4.69, 9.17) is 0 Å². The van der Waals surface area contributed by atoms with Crippen molar-refractivity contribution in [3.63, 3.8) is 0 Å². The standard InChI is InChI=1S/C14H21NO3S/c1-11(2)12-7-4-5-8-13(12)15-14(16)9-6-10-19(3,17)18/h4-5,7-8,11H,6,9-10H2,1-3H3,(H,15,16). The number of sulfone groups is 1. The average molecular weight is 283 g/mol. The molecule has 0 saturated carbocycles. The van der Waals surface area contributed by atoms with Gasteiger partial charge in [-0.1, -0.05) is 32.0 Å². The van der Waals surface area contributed by atoms with Gasteiger partial charge in [0.15, 0.2) is 0 Å². The smallest absolute Gasteiger partial charge is 0.224 e. The summed E-state index contributed by atoms with van der Waals surface area (Å²) in [5.41, 5.74) is 1.89. The van der Waals surface area contributed by atoms with Gasteiger partial charge in [-0.3, -0.25) is 4.79 Å². The van der Waals surface area contributed by atoms with Crippen molar-refractivity contribution in [3.05, 3.63) is 29.8 Å². The first-order chi connectivity index (χ1) is 8.79. The molecule has 1 aromatic carbocycles. The molecule has 1 rings (SSSR count). The number of para-hydroxylation sites is 1. The summed E-state index contributed by atoms with van der Waals surface area (Å²) in [6, 6.07) is 7.66. The summed E-state index contributed by atoms with van der Waals surface area (Å²) >= 11 is 0. The minimum atomic E-state index is -2.99. The fourth-order valence-electron chi connectivity index (χ4n) is 1.82. The van der Waals surface area contributed by atoms with Crippen LogP contribution in [0.15, 0.2) is 24.3 Å². The summed E-state index contributed by atoms with van der Waals surface area (Å²) < 4.78 is 22.0. The van der Waals surface area contributed by atoms with Gasteiger partial charge in [0, 0.05) is 18.4 Å². The van der Waals surface area contributed by atoms with Gasteiger partial charge < -0.3 is 5.32 Å². The molecule has 5 heteroatoms. The lowest BCUT2D eigenvalue weighted by Crippen LogP contribution is -2.15. The maximum absolute atomic E-state index is 11.8. The highest BCUT2D eigenvalue weighted by Crippen LogP contribution is 2.23. The Hall–Kier alpha value is -1.36. The largest absolute Gasteiger partial charge is 0.326 e. The first kappa shape index (κ1) is 15.7. The van der Waals surface area contributed by atoms with Crippen molar-refractivity contribution in [1.29, 1.82) is 0 Å². The molecule has 0 atom stereocenters. The molecule has 0 aromatic heterocycles. The molecule has 0 aliphatic rings. The molecule has 0 spiro atoms. The summed E-state index contributed by atoms with van der Waals surface area (Å²) in [6.07, 6.45) is 1.76. The third-order valence-electron chi connectivity index (χ3n) is 2.78. The fraction of sp³-hybridized carbons (Fsp3) is 0.500. The van der Waals surface area contributed by atoms with Gasteiger partial charge in [0.25, 0.3) is 0 Å². The monoisotopic (exact) mass is 283 g/mol. The van der Waals surface area contributed by atoms with Gasteiger partial charge in [-0.05, 0) is 24.0 Å². The lowest BCUT2D eigenvalue weighted by Gasteiger charge is -2.13. The van der Waals surface area contributed by atoms with Gasteiger partial charge in [-0.2, -0.15) is 0 Å². The molecule has 0 fully saturated rings. The van der Waals surface area contributed by atoms with Crippen molar-refractivity contribution in [2.75, 3.05) is 17.3 Å². The molecule has 1 amide bonds. The average Bonchev–Trinajstić information content (AvgIpc) is 2.27. The number of benzene rings is 1. The summed E-state index contributed by atoms with van der Waals surface area (Å²) in [4.78, 5) is 11.8. The number of amides is 1. The van der Waals surface area contributed by atoms with Gasteiger partial charge in [0.05, 0.1) is 5.75 Å². The lowest BCUT2D eigenvalue weighted by atomic mass is 10.0. The molecule has 0 aliphatic carbocycles. The zero-order chi connectivity index (χ0) is 14.5. The Bertz CT molecular complexity index is 535. The van der Waals surface area contributed by atoms with Gasteiger partial charge in [0.2, 0.25) is 5.91 Å². The van der Waals surface area contributed by atoms with Crippen LogP contribution in [0, 0.1) is 0 Å². The maximum atomic E-state index is 11.8. The van der Waals surface area contributed by atoms with Crippen molar-refractivity contribution >= 4 is 21.4 Å². The van der Waals surface area contributed by atoms with E-state index in [1.165, 1.54) is 6.26 Å². The van der Waals surface area contributed by atoms with Crippen LogP contribution < -0.4 is 5.32 Å². The van der Waals surface area contributed by atoms with Gasteiger partial charge in [0.1, 0.15) is 9.84 Å². The van der Waals surface area contributed by atoms with Crippen molar-refractivity contribution in [3.8, 4) is 0 Å². The summed E-state index contributed by atoms with van der Waals surface area (Å²) in [6.45, 7) is 4.13. The van der Waals surface area contributed by atoms with E-state index >= 15 is 0 Å². The predicted molar refractivity (Wildman–Crippen MR) is 78.1 cm³/mol. The number of anilines is 1. The Morgan fingerprint density at radius 3 is 2.47 bits per heavy atom. The van der Waals surface area contributed by atoms with E-state index in [0.717, 1.165) is 11.3 Å². The molecule has 0 radical (unpaired) electrons. The molecule has 1 aromatic rings. The van der Waals surface area contributed by atoms with E-state index in [1.54, 1.807) is 0 Å². The summed E-state index contributed by atoms with van der Waals surface area (Å²) in [5.74, 6) is 0.232. The molecule has 0 saturated heterocycles. The topological polar surface area (TPSA) is 63.2 Å². The summed E-state index contributed by atoms with van der Waals surface area (Å²) in [5, 5.41) is 2.84. The molecular weight excluding hydrogens is 262 g/mol. The van der Waals surface area contributed by atoms with E-state index in [-0.39, 0.29) is 18.1 Å². The SMILES string of the molecule is CC(C)c1ccccc1NC(=O)CCCS(C)(=O)=O. The second-order valence-corrected chi connectivity index (χ2v) is 7.28. The number of carbonyl (C=O) groups is 1. The zero-order valence-electron chi connectivity index (χ0n) is 11.6. The minimum absolute atomic E-state index is 0.0479. The normalized spacial score (nSPS) is 11.6. The molecule has 0 heterocycles. The number of nitrogens with one attached hydrogen (secondary N) is 1. The second-order valence-electron chi connectivity index (χ2n) is 5.02. The Labute approximate surface area is 115 Å². The third kappa shape index (κ3) is 5.87. The highest BCUT2D eigenvalue weighted by molar-refractivity contribution is 7.90. The van der Waals surface area contributed by atoms with Crippen LogP contribution in [0.5, 0.6) is 0 Å².